The summed E-state index contributed by atoms with van der Waals surface area (Å²) in [6, 6.07) is -0.0796. The standard InChI is InChI=1S/C13H24N2O5/c1-3-20-13(18)14-11-6-10(4-5-16)7-15(8-11)9-12(17)19-2/h10-11,16H,3-9H2,1-2H3,(H,14,18). The Balaban J connectivity index is 2.55. The van der Waals surface area contributed by atoms with E-state index < -0.39 is 6.09 Å². The zero-order valence-electron chi connectivity index (χ0n) is 12.1. The van der Waals surface area contributed by atoms with E-state index in [4.69, 9.17) is 9.84 Å². The summed E-state index contributed by atoms with van der Waals surface area (Å²) in [6.07, 6.45) is 0.982. The molecule has 116 valence electrons. The third-order valence-corrected chi connectivity index (χ3v) is 3.33. The Bertz CT molecular complexity index is 324. The number of hydrogen-bond acceptors (Lipinski definition) is 6. The molecule has 0 aromatic carbocycles. The highest BCUT2D eigenvalue weighted by atomic mass is 16.5. The topological polar surface area (TPSA) is 88.1 Å². The first-order valence-corrected chi connectivity index (χ1v) is 6.92. The number of esters is 1. The molecule has 2 N–H and O–H groups in total. The Morgan fingerprint density at radius 3 is 2.75 bits per heavy atom. The van der Waals surface area contributed by atoms with Gasteiger partial charge in [-0.2, -0.15) is 0 Å². The van der Waals surface area contributed by atoms with Gasteiger partial charge >= 0.3 is 12.1 Å². The number of hydrogen-bond donors (Lipinski definition) is 2. The minimum atomic E-state index is -0.444. The van der Waals surface area contributed by atoms with Crippen LogP contribution in [0.2, 0.25) is 0 Å². The lowest BCUT2D eigenvalue weighted by Gasteiger charge is -2.37. The van der Waals surface area contributed by atoms with Crippen LogP contribution in [0.25, 0.3) is 0 Å². The lowest BCUT2D eigenvalue weighted by atomic mass is 9.92. The van der Waals surface area contributed by atoms with Crippen LogP contribution in [-0.2, 0) is 14.3 Å². The molecule has 7 nitrogen and oxygen atoms in total. The van der Waals surface area contributed by atoms with Crippen molar-refractivity contribution < 1.29 is 24.2 Å². The molecule has 1 heterocycles. The molecule has 0 saturated carbocycles. The highest BCUT2D eigenvalue weighted by Gasteiger charge is 2.29. The van der Waals surface area contributed by atoms with Crippen LogP contribution < -0.4 is 5.32 Å². The number of nitrogens with zero attached hydrogens (tertiary/aromatic N) is 1. The molecule has 0 aromatic rings. The summed E-state index contributed by atoms with van der Waals surface area (Å²) in [5.41, 5.74) is 0. The number of alkyl carbamates (subject to hydrolysis) is 1. The van der Waals surface area contributed by atoms with Crippen molar-refractivity contribution in [1.82, 2.24) is 10.2 Å². The number of carbonyl (C=O) groups excluding carboxylic acids is 2. The maximum Gasteiger partial charge on any atom is 0.407 e. The Morgan fingerprint density at radius 1 is 1.40 bits per heavy atom. The van der Waals surface area contributed by atoms with Crippen molar-refractivity contribution in [1.29, 1.82) is 0 Å². The highest BCUT2D eigenvalue weighted by Crippen LogP contribution is 2.20. The molecule has 0 aliphatic carbocycles. The van der Waals surface area contributed by atoms with Crippen LogP contribution in [0.15, 0.2) is 0 Å². The smallest absolute Gasteiger partial charge is 0.407 e. The van der Waals surface area contributed by atoms with Gasteiger partial charge in [0.2, 0.25) is 0 Å². The molecule has 1 aliphatic heterocycles. The van der Waals surface area contributed by atoms with E-state index in [-0.39, 0.29) is 31.1 Å². The summed E-state index contributed by atoms with van der Waals surface area (Å²) < 4.78 is 9.53. The third-order valence-electron chi connectivity index (χ3n) is 3.33. The largest absolute Gasteiger partial charge is 0.468 e. The van der Waals surface area contributed by atoms with Crippen molar-refractivity contribution in [3.05, 3.63) is 0 Å². The Kier molecular flexibility index (Phi) is 7.32. The van der Waals surface area contributed by atoms with Crippen molar-refractivity contribution >= 4 is 12.1 Å². The minimum Gasteiger partial charge on any atom is -0.468 e. The van der Waals surface area contributed by atoms with Gasteiger partial charge in [0.25, 0.3) is 0 Å². The second kappa shape index (κ2) is 8.76. The van der Waals surface area contributed by atoms with Gasteiger partial charge in [0.05, 0.1) is 20.3 Å². The SMILES string of the molecule is CCOC(=O)NC1CC(CCO)CN(CC(=O)OC)C1. The van der Waals surface area contributed by atoms with Crippen molar-refractivity contribution in [3.8, 4) is 0 Å². The van der Waals surface area contributed by atoms with E-state index in [1.54, 1.807) is 6.92 Å². The normalized spacial score (nSPS) is 23.1. The Morgan fingerprint density at radius 2 is 2.15 bits per heavy atom. The number of aliphatic hydroxyl groups excluding tert-OH is 1. The monoisotopic (exact) mass is 288 g/mol. The molecule has 0 radical (unpaired) electrons. The number of carbonyl (C=O) groups is 2. The second-order valence-electron chi connectivity index (χ2n) is 4.95. The van der Waals surface area contributed by atoms with Crippen molar-refractivity contribution in [2.75, 3.05) is 40.0 Å². The third kappa shape index (κ3) is 5.75. The fourth-order valence-electron chi connectivity index (χ4n) is 2.51. The maximum absolute atomic E-state index is 11.5. The highest BCUT2D eigenvalue weighted by molar-refractivity contribution is 5.71. The predicted molar refractivity (Wildman–Crippen MR) is 72.2 cm³/mol. The summed E-state index contributed by atoms with van der Waals surface area (Å²) in [4.78, 5) is 24.8. The van der Waals surface area contributed by atoms with E-state index in [1.807, 2.05) is 4.90 Å². The van der Waals surface area contributed by atoms with E-state index in [1.165, 1.54) is 7.11 Å². The molecule has 1 saturated heterocycles. The molecule has 1 aliphatic rings. The van der Waals surface area contributed by atoms with Crippen molar-refractivity contribution in [2.24, 2.45) is 5.92 Å². The number of methoxy groups -OCH3 is 1. The molecule has 7 heteroatoms. The molecular weight excluding hydrogens is 264 g/mol. The second-order valence-corrected chi connectivity index (χ2v) is 4.95. The molecule has 20 heavy (non-hydrogen) atoms. The summed E-state index contributed by atoms with van der Waals surface area (Å²) in [7, 11) is 1.35. The van der Waals surface area contributed by atoms with Crippen molar-refractivity contribution in [3.63, 3.8) is 0 Å². The van der Waals surface area contributed by atoms with Crippen LogP contribution in [0.4, 0.5) is 4.79 Å². The molecule has 2 unspecified atom stereocenters. The molecule has 1 fully saturated rings. The quantitative estimate of drug-likeness (QED) is 0.668. The molecule has 2 atom stereocenters. The van der Waals surface area contributed by atoms with Crippen LogP contribution >= 0.6 is 0 Å². The van der Waals surface area contributed by atoms with Crippen LogP contribution in [-0.4, -0.2) is 68.1 Å². The van der Waals surface area contributed by atoms with Gasteiger partial charge in [-0.25, -0.2) is 4.79 Å². The minimum absolute atomic E-state index is 0.0796. The van der Waals surface area contributed by atoms with Gasteiger partial charge in [-0.15, -0.1) is 0 Å². The average molecular weight is 288 g/mol. The lowest BCUT2D eigenvalue weighted by Crippen LogP contribution is -2.52. The first-order chi connectivity index (χ1) is 9.58. The predicted octanol–water partition coefficient (Wildman–Crippen LogP) is -0.0216. The maximum atomic E-state index is 11.5. The summed E-state index contributed by atoms with van der Waals surface area (Å²) in [6.45, 7) is 3.66. The van der Waals surface area contributed by atoms with Gasteiger partial charge in [-0.1, -0.05) is 0 Å². The Hall–Kier alpha value is -1.34. The first kappa shape index (κ1) is 16.7. The number of likely N-dealkylation sites (tertiary alicyclic amines) is 1. The van der Waals surface area contributed by atoms with Crippen LogP contribution in [0, 0.1) is 5.92 Å². The molecule has 0 aromatic heterocycles. The molecule has 0 spiro atoms. The fraction of sp³-hybridized carbons (Fsp3) is 0.846. The van der Waals surface area contributed by atoms with Gasteiger partial charge in [0.1, 0.15) is 0 Å². The van der Waals surface area contributed by atoms with E-state index >= 15 is 0 Å². The zero-order valence-corrected chi connectivity index (χ0v) is 12.1. The van der Waals surface area contributed by atoms with Gasteiger partial charge in [0, 0.05) is 25.7 Å². The number of piperidine rings is 1. The summed E-state index contributed by atoms with van der Waals surface area (Å²) in [5.74, 6) is -0.0603. The fourth-order valence-corrected chi connectivity index (χ4v) is 2.51. The number of rotatable bonds is 6. The molecular formula is C13H24N2O5. The Labute approximate surface area is 119 Å². The van der Waals surface area contributed by atoms with E-state index in [9.17, 15) is 9.59 Å². The van der Waals surface area contributed by atoms with Crippen LogP contribution in [0.1, 0.15) is 19.8 Å². The number of aliphatic hydroxyl groups is 1. The zero-order chi connectivity index (χ0) is 15.0. The van der Waals surface area contributed by atoms with Gasteiger partial charge in [-0.05, 0) is 25.7 Å². The van der Waals surface area contributed by atoms with E-state index in [0.717, 1.165) is 13.0 Å². The molecule has 1 amide bonds. The number of nitrogens with one attached hydrogen (secondary N) is 1. The van der Waals surface area contributed by atoms with E-state index in [0.29, 0.717) is 19.6 Å². The van der Waals surface area contributed by atoms with Crippen LogP contribution in [0.3, 0.4) is 0 Å². The van der Waals surface area contributed by atoms with Crippen molar-refractivity contribution in [2.45, 2.75) is 25.8 Å². The van der Waals surface area contributed by atoms with Crippen LogP contribution in [0.5, 0.6) is 0 Å². The number of amides is 1. The molecule has 1 rings (SSSR count). The van der Waals surface area contributed by atoms with Gasteiger partial charge in [0.15, 0.2) is 0 Å². The summed E-state index contributed by atoms with van der Waals surface area (Å²) in [5, 5.41) is 11.9. The number of ether oxygens (including phenoxy) is 2. The lowest BCUT2D eigenvalue weighted by molar-refractivity contribution is -0.142. The molecule has 0 bridgehead atoms. The van der Waals surface area contributed by atoms with Gasteiger partial charge in [-0.3, -0.25) is 9.69 Å². The first-order valence-electron chi connectivity index (χ1n) is 6.92. The average Bonchev–Trinajstić information content (AvgIpc) is 2.38. The van der Waals surface area contributed by atoms with Gasteiger partial charge < -0.3 is 19.9 Å². The summed E-state index contributed by atoms with van der Waals surface area (Å²) >= 11 is 0. The van der Waals surface area contributed by atoms with E-state index in [2.05, 4.69) is 10.1 Å².